The van der Waals surface area contributed by atoms with Gasteiger partial charge in [0.25, 0.3) is 0 Å². The van der Waals surface area contributed by atoms with Gasteiger partial charge < -0.3 is 15.1 Å². The van der Waals surface area contributed by atoms with E-state index in [4.69, 9.17) is 5.73 Å². The second kappa shape index (κ2) is 5.54. The fourth-order valence-electron chi connectivity index (χ4n) is 2.25. The second-order valence-corrected chi connectivity index (χ2v) is 4.57. The van der Waals surface area contributed by atoms with Gasteiger partial charge in [0.2, 0.25) is 0 Å². The zero-order chi connectivity index (χ0) is 14.7. The predicted molar refractivity (Wildman–Crippen MR) is 84.3 cm³/mol. The topological polar surface area (TPSA) is 72.0 Å². The van der Waals surface area contributed by atoms with E-state index in [1.54, 1.807) is 12.1 Å². The summed E-state index contributed by atoms with van der Waals surface area (Å²) < 4.78 is 4.61. The predicted octanol–water partition coefficient (Wildman–Crippen LogP) is 4.00. The third kappa shape index (κ3) is 2.51. The van der Waals surface area contributed by atoms with Crippen molar-refractivity contribution < 1.29 is 9.21 Å². The summed E-state index contributed by atoms with van der Waals surface area (Å²) in [5.74, 6) is 0.375. The molecule has 0 aliphatic rings. The number of nitrogens with one attached hydrogen (secondary N) is 1. The summed E-state index contributed by atoms with van der Waals surface area (Å²) in [6.45, 7) is 0. The minimum atomic E-state index is 0.375. The molecule has 0 bridgehead atoms. The van der Waals surface area contributed by atoms with Gasteiger partial charge in [-0.3, -0.25) is 4.79 Å². The molecule has 4 heteroatoms. The number of aldehydes is 1. The number of nitrogen functional groups attached to an aromatic ring is 1. The van der Waals surface area contributed by atoms with Gasteiger partial charge in [-0.15, -0.1) is 0 Å². The van der Waals surface area contributed by atoms with Crippen molar-refractivity contribution in [2.45, 2.75) is 0 Å². The molecule has 21 heavy (non-hydrogen) atoms. The lowest BCUT2D eigenvalue weighted by molar-refractivity contribution is 0.110. The maximum atomic E-state index is 9.77. The first-order valence-electron chi connectivity index (χ1n) is 6.53. The Morgan fingerprint density at radius 3 is 2.48 bits per heavy atom. The van der Waals surface area contributed by atoms with Crippen LogP contribution in [0.2, 0.25) is 0 Å². The van der Waals surface area contributed by atoms with E-state index in [0.717, 1.165) is 16.7 Å². The minimum Gasteiger partial charge on any atom is -0.462 e. The summed E-state index contributed by atoms with van der Waals surface area (Å²) in [6.07, 6.45) is 2.13. The molecule has 3 N–H and O–H groups in total. The van der Waals surface area contributed by atoms with Gasteiger partial charge in [-0.2, -0.15) is 0 Å². The van der Waals surface area contributed by atoms with Crippen LogP contribution in [0.1, 0.15) is 10.6 Å². The van der Waals surface area contributed by atoms with Crippen molar-refractivity contribution in [2.75, 3.05) is 5.73 Å². The van der Waals surface area contributed by atoms with E-state index in [1.807, 2.05) is 24.3 Å². The second-order valence-electron chi connectivity index (χ2n) is 4.57. The van der Waals surface area contributed by atoms with Crippen molar-refractivity contribution in [3.8, 4) is 0 Å². The van der Waals surface area contributed by atoms with Gasteiger partial charge in [-0.1, -0.05) is 30.3 Å². The van der Waals surface area contributed by atoms with Gasteiger partial charge in [0.1, 0.15) is 0 Å². The summed E-state index contributed by atoms with van der Waals surface area (Å²) in [7, 11) is 0. The molecule has 2 aromatic heterocycles. The fourth-order valence-corrected chi connectivity index (χ4v) is 2.25. The molecule has 0 aliphatic heterocycles. The first-order chi connectivity index (χ1) is 10.3. The minimum absolute atomic E-state index is 0.375. The average molecular weight is 278 g/mol. The zero-order valence-corrected chi connectivity index (χ0v) is 11.2. The van der Waals surface area contributed by atoms with Crippen LogP contribution in [-0.4, -0.2) is 11.3 Å². The summed E-state index contributed by atoms with van der Waals surface area (Å²) in [6, 6.07) is 17.5. The molecule has 0 spiro atoms. The Morgan fingerprint density at radius 2 is 1.76 bits per heavy atom. The standard InChI is InChI=1S/C12H10N2.C5H4O2/c13-10-6-3-5-9-8-4-1-2-7-11(8)14-12(9)10;6-4-5-2-1-3-7-5/h1-7,14H,13H2;1-4H. The molecular formula is C17H14N2O2. The largest absolute Gasteiger partial charge is 0.462 e. The van der Waals surface area contributed by atoms with E-state index >= 15 is 0 Å². The number of para-hydroxylation sites is 2. The lowest BCUT2D eigenvalue weighted by atomic mass is 10.1. The van der Waals surface area contributed by atoms with E-state index < -0.39 is 0 Å². The Hall–Kier alpha value is -3.01. The van der Waals surface area contributed by atoms with Gasteiger partial charge in [0.15, 0.2) is 12.0 Å². The number of carbonyl (C=O) groups excluding carboxylic acids is 1. The van der Waals surface area contributed by atoms with Crippen LogP contribution < -0.4 is 5.73 Å². The van der Waals surface area contributed by atoms with Crippen molar-refractivity contribution in [1.29, 1.82) is 0 Å². The molecule has 4 nitrogen and oxygen atoms in total. The molecule has 0 radical (unpaired) electrons. The monoisotopic (exact) mass is 278 g/mol. The molecule has 2 aromatic carbocycles. The molecule has 0 unspecified atom stereocenters. The number of anilines is 1. The third-order valence-electron chi connectivity index (χ3n) is 3.23. The highest BCUT2D eigenvalue weighted by atomic mass is 16.3. The van der Waals surface area contributed by atoms with Crippen molar-refractivity contribution in [3.63, 3.8) is 0 Å². The highest BCUT2D eigenvalue weighted by Gasteiger charge is 2.04. The maximum Gasteiger partial charge on any atom is 0.185 e. The number of rotatable bonds is 1. The summed E-state index contributed by atoms with van der Waals surface area (Å²) in [5.41, 5.74) is 8.87. The quantitative estimate of drug-likeness (QED) is 0.408. The highest BCUT2D eigenvalue weighted by molar-refractivity contribution is 6.10. The number of benzene rings is 2. The van der Waals surface area contributed by atoms with Gasteiger partial charge >= 0.3 is 0 Å². The van der Waals surface area contributed by atoms with Crippen LogP contribution in [0.5, 0.6) is 0 Å². The van der Waals surface area contributed by atoms with Gasteiger partial charge in [-0.25, -0.2) is 0 Å². The number of hydrogen-bond acceptors (Lipinski definition) is 3. The Morgan fingerprint density at radius 1 is 0.952 bits per heavy atom. The Labute approximate surface area is 121 Å². The Bertz CT molecular complexity index is 876. The summed E-state index contributed by atoms with van der Waals surface area (Å²) in [5, 5.41) is 2.43. The van der Waals surface area contributed by atoms with Crippen LogP contribution in [0, 0.1) is 0 Å². The van der Waals surface area contributed by atoms with Crippen LogP contribution in [-0.2, 0) is 0 Å². The van der Waals surface area contributed by atoms with Crippen molar-refractivity contribution in [3.05, 3.63) is 66.6 Å². The molecule has 4 rings (SSSR count). The molecule has 0 aliphatic carbocycles. The number of carbonyl (C=O) groups is 1. The molecule has 0 saturated heterocycles. The van der Waals surface area contributed by atoms with Gasteiger partial charge in [0, 0.05) is 16.3 Å². The lowest BCUT2D eigenvalue weighted by Crippen LogP contribution is -1.84. The van der Waals surface area contributed by atoms with E-state index in [1.165, 1.54) is 17.0 Å². The molecule has 104 valence electrons. The molecule has 0 saturated carbocycles. The van der Waals surface area contributed by atoms with Crippen LogP contribution in [0.4, 0.5) is 5.69 Å². The zero-order valence-electron chi connectivity index (χ0n) is 11.2. The van der Waals surface area contributed by atoms with Crippen molar-refractivity contribution in [2.24, 2.45) is 0 Å². The van der Waals surface area contributed by atoms with Gasteiger partial charge in [-0.05, 0) is 24.3 Å². The molecule has 2 heterocycles. The smallest absolute Gasteiger partial charge is 0.185 e. The summed E-state index contributed by atoms with van der Waals surface area (Å²) >= 11 is 0. The van der Waals surface area contributed by atoms with Crippen molar-refractivity contribution >= 4 is 33.8 Å². The number of furan rings is 1. The third-order valence-corrected chi connectivity index (χ3v) is 3.23. The maximum absolute atomic E-state index is 9.77. The molecular weight excluding hydrogens is 264 g/mol. The number of aromatic amines is 1. The van der Waals surface area contributed by atoms with Crippen LogP contribution >= 0.6 is 0 Å². The normalized spacial score (nSPS) is 10.3. The molecule has 4 aromatic rings. The van der Waals surface area contributed by atoms with Gasteiger partial charge in [0.05, 0.1) is 17.5 Å². The van der Waals surface area contributed by atoms with Crippen LogP contribution in [0.3, 0.4) is 0 Å². The summed E-state index contributed by atoms with van der Waals surface area (Å²) in [4.78, 5) is 13.1. The molecule has 0 fully saturated rings. The highest BCUT2D eigenvalue weighted by Crippen LogP contribution is 2.28. The van der Waals surface area contributed by atoms with E-state index in [9.17, 15) is 4.79 Å². The molecule has 0 amide bonds. The van der Waals surface area contributed by atoms with E-state index in [-0.39, 0.29) is 0 Å². The lowest BCUT2D eigenvalue weighted by Gasteiger charge is -1.93. The average Bonchev–Trinajstić information content (AvgIpc) is 3.16. The van der Waals surface area contributed by atoms with E-state index in [2.05, 4.69) is 27.6 Å². The van der Waals surface area contributed by atoms with Crippen molar-refractivity contribution in [1.82, 2.24) is 4.98 Å². The fraction of sp³-hybridized carbons (Fsp3) is 0. The first kappa shape index (κ1) is 13.0. The number of hydrogen-bond donors (Lipinski definition) is 2. The molecule has 0 atom stereocenters. The van der Waals surface area contributed by atoms with Crippen LogP contribution in [0.15, 0.2) is 65.3 Å². The number of fused-ring (bicyclic) bond motifs is 3. The Balaban J connectivity index is 0.000000160. The number of H-pyrrole nitrogens is 1. The SMILES string of the molecule is Nc1cccc2c1[nH]c1ccccc12.O=Cc1ccco1. The van der Waals surface area contributed by atoms with E-state index in [0.29, 0.717) is 12.0 Å². The Kier molecular flexibility index (Phi) is 3.43. The number of aromatic nitrogens is 1. The van der Waals surface area contributed by atoms with Crippen LogP contribution in [0.25, 0.3) is 21.8 Å². The number of nitrogens with two attached hydrogens (primary N) is 1. The first-order valence-corrected chi connectivity index (χ1v) is 6.53.